The predicted octanol–water partition coefficient (Wildman–Crippen LogP) is 4.35. The highest BCUT2D eigenvalue weighted by molar-refractivity contribution is 7.86. The Morgan fingerprint density at radius 2 is 1.75 bits per heavy atom. The zero-order valence-corrected chi connectivity index (χ0v) is 21.2. The first-order valence-corrected chi connectivity index (χ1v) is 12.4. The fourth-order valence-electron chi connectivity index (χ4n) is 3.54. The first kappa shape index (κ1) is 27.1. The number of aryl methyl sites for hydroxylation is 2. The third-order valence-electron chi connectivity index (χ3n) is 5.05. The number of rotatable bonds is 6. The number of hydrogen-bond acceptors (Lipinski definition) is 6. The highest BCUT2D eigenvalue weighted by atomic mass is 35.5. The first-order valence-electron chi connectivity index (χ1n) is 10.2. The van der Waals surface area contributed by atoms with Crippen molar-refractivity contribution in [3.63, 3.8) is 0 Å². The molecule has 0 fully saturated rings. The molecule has 0 spiro atoms. The molecule has 0 radical (unpaired) electrons. The van der Waals surface area contributed by atoms with Crippen molar-refractivity contribution < 1.29 is 27.7 Å². The van der Waals surface area contributed by atoms with Gasteiger partial charge in [0, 0.05) is 23.8 Å². The Kier molecular flexibility index (Phi) is 8.31. The van der Waals surface area contributed by atoms with Crippen molar-refractivity contribution in [2.24, 2.45) is 7.05 Å². The maximum Gasteiger partial charge on any atom is 0.353 e. The van der Waals surface area contributed by atoms with Gasteiger partial charge in [-0.25, -0.2) is 4.79 Å². The van der Waals surface area contributed by atoms with E-state index in [0.717, 1.165) is 0 Å². The van der Waals surface area contributed by atoms with Crippen LogP contribution in [0.25, 0.3) is 0 Å². The van der Waals surface area contributed by atoms with E-state index in [0.29, 0.717) is 16.3 Å². The summed E-state index contributed by atoms with van der Waals surface area (Å²) in [6, 6.07) is 13.9. The van der Waals surface area contributed by atoms with Crippen molar-refractivity contribution in [2.75, 3.05) is 0 Å². The van der Waals surface area contributed by atoms with Gasteiger partial charge in [-0.1, -0.05) is 53.5 Å². The number of halogens is 2. The maximum atomic E-state index is 13.2. The van der Waals surface area contributed by atoms with Crippen molar-refractivity contribution in [1.82, 2.24) is 20.0 Å². The average Bonchev–Trinajstić information content (AvgIpc) is 3.43. The number of nitrogens with one attached hydrogen (secondary N) is 1. The third kappa shape index (κ3) is 6.00. The van der Waals surface area contributed by atoms with E-state index in [1.165, 1.54) is 42.2 Å². The van der Waals surface area contributed by atoms with Crippen LogP contribution in [0, 0.1) is 6.92 Å². The highest BCUT2D eigenvalue weighted by Crippen LogP contribution is 2.35. The summed E-state index contributed by atoms with van der Waals surface area (Å²) < 4.78 is 35.8. The fourth-order valence-corrected chi connectivity index (χ4v) is 5.09. The number of H-pyrrole nitrogens is 1. The highest BCUT2D eigenvalue weighted by Gasteiger charge is 2.36. The molecule has 0 aliphatic heterocycles. The number of carbonyl (C=O) groups is 2. The van der Waals surface area contributed by atoms with Gasteiger partial charge in [-0.3, -0.25) is 19.1 Å². The van der Waals surface area contributed by atoms with E-state index in [4.69, 9.17) is 28.3 Å². The molecule has 13 heteroatoms. The minimum Gasteiger partial charge on any atom is -0.477 e. The number of aromatic amines is 1. The molecular weight excluding hydrogens is 531 g/mol. The van der Waals surface area contributed by atoms with Crippen LogP contribution in [0.5, 0.6) is 0 Å². The van der Waals surface area contributed by atoms with Crippen molar-refractivity contribution in [3.05, 3.63) is 105 Å². The summed E-state index contributed by atoms with van der Waals surface area (Å²) in [5.41, 5.74) is 1.03. The lowest BCUT2D eigenvalue weighted by Gasteiger charge is -2.17. The molecular formula is C23H20Cl2N4O6S. The molecule has 1 atom stereocenters. The number of hydrogen-bond donors (Lipinski definition) is 3. The number of carboxylic acids is 1. The Morgan fingerprint density at radius 3 is 2.25 bits per heavy atom. The number of benzene rings is 2. The van der Waals surface area contributed by atoms with Gasteiger partial charge in [-0.05, 0) is 36.8 Å². The SMILES string of the molecule is Cc1nn(C)c(C(c2ccccc2)S(=O)(=O)O)c1C(=O)c1ccc(Cl)cc1Cl.O=C(O)c1ccn[nH]1. The van der Waals surface area contributed by atoms with Crippen LogP contribution in [0.2, 0.25) is 10.0 Å². The topological polar surface area (TPSA) is 155 Å². The molecule has 0 bridgehead atoms. The second kappa shape index (κ2) is 11.0. The van der Waals surface area contributed by atoms with Gasteiger partial charge in [0.15, 0.2) is 11.0 Å². The number of aromatic nitrogens is 4. The molecule has 0 aliphatic rings. The Morgan fingerprint density at radius 1 is 1.08 bits per heavy atom. The van der Waals surface area contributed by atoms with Crippen LogP contribution in [0.1, 0.15) is 48.6 Å². The van der Waals surface area contributed by atoms with Crippen molar-refractivity contribution in [3.8, 4) is 0 Å². The summed E-state index contributed by atoms with van der Waals surface area (Å²) in [7, 11) is -3.08. The second-order valence-corrected chi connectivity index (χ2v) is 9.85. The minimum atomic E-state index is -4.60. The summed E-state index contributed by atoms with van der Waals surface area (Å²) >= 11 is 12.1. The average molecular weight is 551 g/mol. The molecule has 188 valence electrons. The van der Waals surface area contributed by atoms with Crippen LogP contribution in [0.15, 0.2) is 60.8 Å². The van der Waals surface area contributed by atoms with Gasteiger partial charge >= 0.3 is 5.97 Å². The molecule has 0 amide bonds. The van der Waals surface area contributed by atoms with Gasteiger partial charge in [-0.15, -0.1) is 0 Å². The molecule has 0 aliphatic carbocycles. The van der Waals surface area contributed by atoms with Gasteiger partial charge in [-0.2, -0.15) is 18.6 Å². The molecule has 2 aromatic heterocycles. The Balaban J connectivity index is 0.000000383. The van der Waals surface area contributed by atoms with Gasteiger partial charge in [0.1, 0.15) is 5.69 Å². The van der Waals surface area contributed by atoms with Crippen LogP contribution in [0.4, 0.5) is 0 Å². The summed E-state index contributed by atoms with van der Waals surface area (Å²) in [6.45, 7) is 1.59. The molecule has 10 nitrogen and oxygen atoms in total. The van der Waals surface area contributed by atoms with Crippen LogP contribution < -0.4 is 0 Å². The van der Waals surface area contributed by atoms with E-state index in [9.17, 15) is 22.6 Å². The zero-order valence-electron chi connectivity index (χ0n) is 18.9. The zero-order chi connectivity index (χ0) is 26.6. The summed E-state index contributed by atoms with van der Waals surface area (Å²) in [6.07, 6.45) is 1.39. The van der Waals surface area contributed by atoms with Crippen LogP contribution in [-0.4, -0.2) is 49.8 Å². The van der Waals surface area contributed by atoms with E-state index < -0.39 is 27.1 Å². The molecule has 4 rings (SSSR count). The van der Waals surface area contributed by atoms with Gasteiger partial charge < -0.3 is 5.11 Å². The Bertz CT molecular complexity index is 1500. The largest absolute Gasteiger partial charge is 0.477 e. The molecule has 36 heavy (non-hydrogen) atoms. The van der Waals surface area contributed by atoms with E-state index in [1.54, 1.807) is 37.3 Å². The molecule has 2 heterocycles. The molecule has 2 aromatic carbocycles. The number of carbonyl (C=O) groups excluding carboxylic acids is 1. The number of ketones is 1. The molecule has 3 N–H and O–H groups in total. The Hall–Kier alpha value is -3.51. The lowest BCUT2D eigenvalue weighted by Crippen LogP contribution is -2.20. The monoisotopic (exact) mass is 550 g/mol. The lowest BCUT2D eigenvalue weighted by atomic mass is 9.97. The molecule has 1 unspecified atom stereocenters. The predicted molar refractivity (Wildman–Crippen MR) is 133 cm³/mol. The molecule has 0 saturated heterocycles. The first-order chi connectivity index (χ1) is 16.9. The van der Waals surface area contributed by atoms with E-state index >= 15 is 0 Å². The van der Waals surface area contributed by atoms with E-state index in [2.05, 4.69) is 15.3 Å². The molecule has 4 aromatic rings. The van der Waals surface area contributed by atoms with Gasteiger partial charge in [0.05, 0.1) is 22.0 Å². The normalized spacial score (nSPS) is 11.9. The van der Waals surface area contributed by atoms with Crippen molar-refractivity contribution in [1.29, 1.82) is 0 Å². The van der Waals surface area contributed by atoms with Crippen molar-refractivity contribution >= 4 is 45.1 Å². The van der Waals surface area contributed by atoms with E-state index in [1.807, 2.05) is 0 Å². The standard InChI is InChI=1S/C19H16Cl2N2O4S.C4H4N2O2/c1-11-16(18(24)14-9-8-13(20)10-15(14)21)17(23(2)22-11)19(28(25,26)27)12-6-4-3-5-7-12;7-4(8)3-1-2-5-6-3/h3-10,19H,1-2H3,(H,25,26,27);1-2H,(H,5,6)(H,7,8). The fraction of sp³-hybridized carbons (Fsp3) is 0.130. The smallest absolute Gasteiger partial charge is 0.353 e. The summed E-state index contributed by atoms with van der Waals surface area (Å²) in [4.78, 5) is 23.2. The quantitative estimate of drug-likeness (QED) is 0.236. The Labute approximate surface area is 216 Å². The second-order valence-electron chi connectivity index (χ2n) is 7.50. The van der Waals surface area contributed by atoms with Crippen LogP contribution in [0.3, 0.4) is 0 Å². The number of nitrogens with zero attached hydrogens (tertiary/aromatic N) is 3. The van der Waals surface area contributed by atoms with Crippen LogP contribution >= 0.6 is 23.2 Å². The lowest BCUT2D eigenvalue weighted by molar-refractivity contribution is 0.0690. The van der Waals surface area contributed by atoms with Gasteiger partial charge in [0.25, 0.3) is 10.1 Å². The number of aromatic carboxylic acids is 1. The summed E-state index contributed by atoms with van der Waals surface area (Å²) in [5.74, 6) is -1.49. The minimum absolute atomic E-state index is 0.0576. The van der Waals surface area contributed by atoms with Gasteiger partial charge in [0.2, 0.25) is 0 Å². The van der Waals surface area contributed by atoms with E-state index in [-0.39, 0.29) is 27.5 Å². The summed E-state index contributed by atoms with van der Waals surface area (Å²) in [5, 5.41) is 17.2. The number of carboxylic acid groups (broad SMARTS) is 1. The third-order valence-corrected chi connectivity index (χ3v) is 6.69. The molecule has 0 saturated carbocycles. The van der Waals surface area contributed by atoms with Crippen molar-refractivity contribution in [2.45, 2.75) is 12.2 Å². The van der Waals surface area contributed by atoms with Crippen LogP contribution in [-0.2, 0) is 17.2 Å². The maximum absolute atomic E-state index is 13.2.